The normalized spacial score (nSPS) is 11.7. The van der Waals surface area contributed by atoms with Crippen LogP contribution in [0.3, 0.4) is 0 Å². The Morgan fingerprint density at radius 1 is 1.31 bits per heavy atom. The first-order valence-electron chi connectivity index (χ1n) is 4.06. The molecule has 0 atom stereocenters. The molecule has 4 heteroatoms. The maximum Gasteiger partial charge on any atom is 0.189 e. The van der Waals surface area contributed by atoms with Gasteiger partial charge in [-0.2, -0.15) is 0 Å². The summed E-state index contributed by atoms with van der Waals surface area (Å²) in [7, 11) is 0. The first-order chi connectivity index (χ1) is 5.93. The van der Waals surface area contributed by atoms with E-state index in [-0.39, 0.29) is 11.2 Å². The van der Waals surface area contributed by atoms with E-state index in [1.807, 2.05) is 6.26 Å². The third-order valence-electron chi connectivity index (χ3n) is 1.64. The van der Waals surface area contributed by atoms with Gasteiger partial charge in [-0.15, -0.1) is 5.73 Å². The number of hydrogen-bond acceptors (Lipinski definition) is 3. The molecule has 1 aromatic heterocycles. The number of aromatic nitrogens is 2. The fourth-order valence-corrected chi connectivity index (χ4v) is 1.26. The average molecular weight is 195 g/mol. The van der Waals surface area contributed by atoms with Crippen LogP contribution in [0, 0.1) is 0 Å². The van der Waals surface area contributed by atoms with Crippen LogP contribution in [-0.4, -0.2) is 16.2 Å². The van der Waals surface area contributed by atoms with Crippen LogP contribution in [0.4, 0.5) is 5.82 Å². The van der Waals surface area contributed by atoms with Crippen LogP contribution in [0.25, 0.3) is 0 Å². The third kappa shape index (κ3) is 2.59. The SMILES string of the molecule is CSc1nc([N])cc(C(C)(C)C)n1. The Kier molecular flexibility index (Phi) is 2.81. The maximum absolute atomic E-state index is 9.32. The molecule has 0 spiro atoms. The van der Waals surface area contributed by atoms with E-state index in [1.54, 1.807) is 6.07 Å². The minimum atomic E-state index is -0.0507. The highest BCUT2D eigenvalue weighted by atomic mass is 32.2. The third-order valence-corrected chi connectivity index (χ3v) is 2.19. The topological polar surface area (TPSA) is 48.1 Å². The Labute approximate surface area is 83.2 Å². The largest absolute Gasteiger partial charge is 0.227 e. The van der Waals surface area contributed by atoms with Crippen LogP contribution in [0.15, 0.2) is 11.2 Å². The van der Waals surface area contributed by atoms with Gasteiger partial charge in [-0.05, 0) is 6.26 Å². The number of hydrogen-bond donors (Lipinski definition) is 0. The van der Waals surface area contributed by atoms with Crippen LogP contribution in [0.1, 0.15) is 26.5 Å². The molecule has 1 heterocycles. The summed E-state index contributed by atoms with van der Waals surface area (Å²) in [5.74, 6) is 0.0456. The highest BCUT2D eigenvalue weighted by Crippen LogP contribution is 2.23. The quantitative estimate of drug-likeness (QED) is 0.510. The van der Waals surface area contributed by atoms with Crippen molar-refractivity contribution in [2.45, 2.75) is 31.3 Å². The lowest BCUT2D eigenvalue weighted by atomic mass is 9.92. The zero-order valence-corrected chi connectivity index (χ0v) is 9.14. The summed E-state index contributed by atoms with van der Waals surface area (Å²) >= 11 is 1.43. The smallest absolute Gasteiger partial charge is 0.189 e. The Bertz CT molecular complexity index is 304. The fraction of sp³-hybridized carbons (Fsp3) is 0.556. The molecule has 0 bridgehead atoms. The molecular weight excluding hydrogens is 182 g/mol. The van der Waals surface area contributed by atoms with Crippen molar-refractivity contribution in [1.82, 2.24) is 15.7 Å². The van der Waals surface area contributed by atoms with Gasteiger partial charge in [0.1, 0.15) is 0 Å². The lowest BCUT2D eigenvalue weighted by Crippen LogP contribution is -2.14. The standard InChI is InChI=1S/C9H13N3S/c1-9(2,3)6-5-7(10)12-8(11-6)13-4/h5H,1-4H3. The molecule has 0 aliphatic heterocycles. The van der Waals surface area contributed by atoms with Gasteiger partial charge in [0.05, 0.1) is 5.69 Å². The predicted molar refractivity (Wildman–Crippen MR) is 54.3 cm³/mol. The molecule has 70 valence electrons. The minimum absolute atomic E-state index is 0.0456. The highest BCUT2D eigenvalue weighted by molar-refractivity contribution is 7.98. The predicted octanol–water partition coefficient (Wildman–Crippen LogP) is 2.20. The molecule has 3 nitrogen and oxygen atoms in total. The maximum atomic E-state index is 9.32. The zero-order chi connectivity index (χ0) is 10.1. The molecule has 0 fully saturated rings. The molecule has 0 saturated heterocycles. The van der Waals surface area contributed by atoms with Gasteiger partial charge < -0.3 is 0 Å². The lowest BCUT2D eigenvalue weighted by molar-refractivity contribution is 0.558. The molecule has 0 aromatic carbocycles. The van der Waals surface area contributed by atoms with Crippen LogP contribution >= 0.6 is 11.8 Å². The molecule has 0 aliphatic rings. The minimum Gasteiger partial charge on any atom is -0.227 e. The second-order valence-corrected chi connectivity index (χ2v) is 4.62. The van der Waals surface area contributed by atoms with Gasteiger partial charge >= 0.3 is 0 Å². The summed E-state index contributed by atoms with van der Waals surface area (Å²) in [5, 5.41) is 0.616. The van der Waals surface area contributed by atoms with Crippen LogP contribution in [0.2, 0.25) is 0 Å². The Morgan fingerprint density at radius 3 is 2.38 bits per heavy atom. The van der Waals surface area contributed by atoms with Crippen molar-refractivity contribution in [3.8, 4) is 0 Å². The van der Waals surface area contributed by atoms with Crippen molar-refractivity contribution in [3.63, 3.8) is 0 Å². The lowest BCUT2D eigenvalue weighted by Gasteiger charge is -2.17. The molecule has 0 unspecified atom stereocenters. The van der Waals surface area contributed by atoms with Gasteiger partial charge in [0, 0.05) is 11.5 Å². The van der Waals surface area contributed by atoms with Crippen molar-refractivity contribution in [1.29, 1.82) is 0 Å². The number of rotatable bonds is 1. The van der Waals surface area contributed by atoms with Gasteiger partial charge in [-0.1, -0.05) is 32.5 Å². The Balaban J connectivity index is 3.16. The van der Waals surface area contributed by atoms with Gasteiger partial charge in [0.15, 0.2) is 11.0 Å². The van der Waals surface area contributed by atoms with E-state index in [4.69, 9.17) is 0 Å². The van der Waals surface area contributed by atoms with Crippen molar-refractivity contribution in [3.05, 3.63) is 11.8 Å². The molecule has 0 aliphatic carbocycles. The summed E-state index contributed by atoms with van der Waals surface area (Å²) in [5.41, 5.74) is 10.1. The van der Waals surface area contributed by atoms with Gasteiger partial charge in [-0.3, -0.25) is 0 Å². The summed E-state index contributed by atoms with van der Waals surface area (Å²) in [6.45, 7) is 6.16. The summed E-state index contributed by atoms with van der Waals surface area (Å²) < 4.78 is 0. The van der Waals surface area contributed by atoms with E-state index in [0.717, 1.165) is 5.69 Å². The summed E-state index contributed by atoms with van der Waals surface area (Å²) in [6, 6.07) is 1.61. The van der Waals surface area contributed by atoms with Crippen LogP contribution in [-0.2, 0) is 5.41 Å². The van der Waals surface area contributed by atoms with E-state index in [2.05, 4.69) is 30.7 Å². The summed E-state index contributed by atoms with van der Waals surface area (Å²) in [6.07, 6.45) is 1.89. The van der Waals surface area contributed by atoms with E-state index in [9.17, 15) is 5.73 Å². The van der Waals surface area contributed by atoms with E-state index in [0.29, 0.717) is 5.16 Å². The highest BCUT2D eigenvalue weighted by Gasteiger charge is 2.17. The monoisotopic (exact) mass is 195 g/mol. The van der Waals surface area contributed by atoms with Crippen molar-refractivity contribution in [2.75, 3.05) is 6.26 Å². The Hall–Kier alpha value is -0.770. The second-order valence-electron chi connectivity index (χ2n) is 3.85. The van der Waals surface area contributed by atoms with E-state index < -0.39 is 0 Å². The molecular formula is C9H13N3S. The number of nitrogens with zero attached hydrogens (tertiary/aromatic N) is 3. The van der Waals surface area contributed by atoms with E-state index >= 15 is 0 Å². The molecule has 0 N–H and O–H groups in total. The van der Waals surface area contributed by atoms with Gasteiger partial charge in [0.2, 0.25) is 0 Å². The number of thioether (sulfide) groups is 1. The van der Waals surface area contributed by atoms with Crippen molar-refractivity contribution < 1.29 is 0 Å². The van der Waals surface area contributed by atoms with E-state index in [1.165, 1.54) is 11.8 Å². The zero-order valence-electron chi connectivity index (χ0n) is 8.33. The average Bonchev–Trinajstić information content (AvgIpc) is 2.01. The van der Waals surface area contributed by atoms with Crippen molar-refractivity contribution in [2.24, 2.45) is 0 Å². The molecule has 2 radical (unpaired) electrons. The molecule has 1 rings (SSSR count). The molecule has 0 amide bonds. The van der Waals surface area contributed by atoms with Crippen molar-refractivity contribution >= 4 is 17.6 Å². The van der Waals surface area contributed by atoms with Gasteiger partial charge in [-0.25, -0.2) is 9.97 Å². The molecule has 0 saturated carbocycles. The van der Waals surface area contributed by atoms with Crippen LogP contribution in [0.5, 0.6) is 0 Å². The first kappa shape index (κ1) is 10.3. The second kappa shape index (κ2) is 3.54. The molecule has 13 heavy (non-hydrogen) atoms. The molecule has 1 aromatic rings. The van der Waals surface area contributed by atoms with Crippen LogP contribution < -0.4 is 5.73 Å². The fourth-order valence-electron chi connectivity index (χ4n) is 0.888. The summed E-state index contributed by atoms with van der Waals surface area (Å²) in [4.78, 5) is 8.19. The first-order valence-corrected chi connectivity index (χ1v) is 5.28. The Morgan fingerprint density at radius 2 is 1.92 bits per heavy atom. The van der Waals surface area contributed by atoms with Gasteiger partial charge in [0.25, 0.3) is 0 Å².